The van der Waals surface area contributed by atoms with Crippen molar-refractivity contribution in [2.45, 2.75) is 0 Å². The Bertz CT molecular complexity index is 1130. The number of aromatic nitrogens is 1. The predicted molar refractivity (Wildman–Crippen MR) is 108 cm³/mol. The quantitative estimate of drug-likeness (QED) is 0.410. The lowest BCUT2D eigenvalue weighted by molar-refractivity contribution is 0.0953. The summed E-state index contributed by atoms with van der Waals surface area (Å²) in [6.07, 6.45) is 0. The van der Waals surface area contributed by atoms with Crippen molar-refractivity contribution in [3.8, 4) is 16.9 Å². The van der Waals surface area contributed by atoms with E-state index < -0.39 is 11.9 Å². The number of hydrogen-bond acceptors (Lipinski definition) is 2. The molecular formula is C22H15BrFNO2. The van der Waals surface area contributed by atoms with Gasteiger partial charge in [0.05, 0.1) is 12.6 Å². The standard InChI is InChI=1S/C22H15BrFNO2/c1-27-17-12-8-14(9-13-17)20-18-4-2-3-5-19(18)25(21(20)24)22(26)15-6-10-16(23)11-7-15/h2-13H,1H3. The van der Waals surface area contributed by atoms with Crippen LogP contribution in [-0.2, 0) is 0 Å². The minimum atomic E-state index is -0.575. The topological polar surface area (TPSA) is 31.2 Å². The monoisotopic (exact) mass is 423 g/mol. The van der Waals surface area contributed by atoms with Crippen LogP contribution in [0.25, 0.3) is 22.0 Å². The van der Waals surface area contributed by atoms with Gasteiger partial charge in [-0.3, -0.25) is 9.36 Å². The summed E-state index contributed by atoms with van der Waals surface area (Å²) >= 11 is 3.35. The van der Waals surface area contributed by atoms with Gasteiger partial charge < -0.3 is 4.74 Å². The van der Waals surface area contributed by atoms with E-state index in [-0.39, 0.29) is 0 Å². The maximum absolute atomic E-state index is 15.5. The van der Waals surface area contributed by atoms with E-state index in [0.29, 0.717) is 33.3 Å². The lowest BCUT2D eigenvalue weighted by Crippen LogP contribution is -2.14. The Labute approximate surface area is 164 Å². The van der Waals surface area contributed by atoms with Gasteiger partial charge in [-0.15, -0.1) is 0 Å². The molecule has 0 spiro atoms. The molecule has 134 valence electrons. The van der Waals surface area contributed by atoms with Gasteiger partial charge in [0.15, 0.2) is 0 Å². The third-order valence-corrected chi connectivity index (χ3v) is 5.02. The largest absolute Gasteiger partial charge is 0.497 e. The normalized spacial score (nSPS) is 10.9. The predicted octanol–water partition coefficient (Wildman–Crippen LogP) is 5.91. The molecule has 4 aromatic rings. The fourth-order valence-electron chi connectivity index (χ4n) is 3.16. The van der Waals surface area contributed by atoms with Crippen molar-refractivity contribution >= 4 is 32.7 Å². The second kappa shape index (κ2) is 7.00. The Morgan fingerprint density at radius 3 is 2.30 bits per heavy atom. The Hall–Kier alpha value is -2.92. The van der Waals surface area contributed by atoms with E-state index in [2.05, 4.69) is 15.9 Å². The zero-order chi connectivity index (χ0) is 19.0. The van der Waals surface area contributed by atoms with Crippen molar-refractivity contribution in [3.63, 3.8) is 0 Å². The Morgan fingerprint density at radius 1 is 0.963 bits per heavy atom. The average Bonchev–Trinajstić information content (AvgIpc) is 3.00. The fraction of sp³-hybridized carbons (Fsp3) is 0.0455. The highest BCUT2D eigenvalue weighted by atomic mass is 79.9. The summed E-state index contributed by atoms with van der Waals surface area (Å²) < 4.78 is 22.6. The molecule has 0 aliphatic carbocycles. The van der Waals surface area contributed by atoms with Gasteiger partial charge in [0.2, 0.25) is 5.95 Å². The van der Waals surface area contributed by atoms with Crippen LogP contribution < -0.4 is 4.74 Å². The van der Waals surface area contributed by atoms with Gasteiger partial charge in [0.1, 0.15) is 5.75 Å². The second-order valence-electron chi connectivity index (χ2n) is 6.06. The number of hydrogen-bond donors (Lipinski definition) is 0. The van der Waals surface area contributed by atoms with E-state index >= 15 is 4.39 Å². The molecule has 3 nitrogen and oxygen atoms in total. The summed E-state index contributed by atoms with van der Waals surface area (Å²) in [5, 5.41) is 0.686. The molecule has 0 unspecified atom stereocenters. The molecule has 1 aromatic heterocycles. The first-order valence-electron chi connectivity index (χ1n) is 8.34. The molecule has 4 rings (SSSR count). The first-order valence-corrected chi connectivity index (χ1v) is 9.13. The van der Waals surface area contributed by atoms with Gasteiger partial charge in [-0.1, -0.05) is 46.3 Å². The fourth-order valence-corrected chi connectivity index (χ4v) is 3.43. The zero-order valence-corrected chi connectivity index (χ0v) is 16.0. The van der Waals surface area contributed by atoms with Crippen LogP contribution in [0.4, 0.5) is 4.39 Å². The molecule has 0 N–H and O–H groups in total. The highest BCUT2D eigenvalue weighted by molar-refractivity contribution is 9.10. The van der Waals surface area contributed by atoms with Crippen LogP contribution in [0.2, 0.25) is 0 Å². The van der Waals surface area contributed by atoms with Crippen LogP contribution in [0.5, 0.6) is 5.75 Å². The molecule has 0 amide bonds. The number of halogens is 2. The van der Waals surface area contributed by atoms with Crippen LogP contribution in [-0.4, -0.2) is 17.6 Å². The number of nitrogens with zero attached hydrogens (tertiary/aromatic N) is 1. The molecule has 1 heterocycles. The van der Waals surface area contributed by atoms with Gasteiger partial charge in [0.25, 0.3) is 5.91 Å². The molecule has 0 fully saturated rings. The Balaban J connectivity index is 1.93. The van der Waals surface area contributed by atoms with Gasteiger partial charge in [-0.25, -0.2) is 0 Å². The second-order valence-corrected chi connectivity index (χ2v) is 6.97. The molecule has 3 aromatic carbocycles. The van der Waals surface area contributed by atoms with Crippen molar-refractivity contribution in [1.29, 1.82) is 0 Å². The summed E-state index contributed by atoms with van der Waals surface area (Å²) in [5.41, 5.74) is 2.04. The zero-order valence-electron chi connectivity index (χ0n) is 14.4. The van der Waals surface area contributed by atoms with Crippen molar-refractivity contribution in [3.05, 3.63) is 88.8 Å². The third-order valence-electron chi connectivity index (χ3n) is 4.49. The molecule has 0 atom stereocenters. The van der Waals surface area contributed by atoms with Gasteiger partial charge in [-0.2, -0.15) is 4.39 Å². The summed E-state index contributed by atoms with van der Waals surface area (Å²) in [6, 6.07) is 21.2. The van der Waals surface area contributed by atoms with Crippen LogP contribution in [0, 0.1) is 5.95 Å². The van der Waals surface area contributed by atoms with E-state index in [1.807, 2.05) is 12.1 Å². The summed E-state index contributed by atoms with van der Waals surface area (Å²) in [7, 11) is 1.58. The average molecular weight is 424 g/mol. The maximum atomic E-state index is 15.5. The molecular weight excluding hydrogens is 409 g/mol. The maximum Gasteiger partial charge on any atom is 0.264 e. The smallest absolute Gasteiger partial charge is 0.264 e. The first kappa shape index (κ1) is 17.5. The van der Waals surface area contributed by atoms with Crippen LogP contribution in [0.1, 0.15) is 10.4 Å². The number of carbonyl (C=O) groups excluding carboxylic acids is 1. The number of carbonyl (C=O) groups is 1. The molecule has 0 aliphatic rings. The number of benzene rings is 3. The van der Waals surface area contributed by atoms with Crippen LogP contribution >= 0.6 is 15.9 Å². The highest BCUT2D eigenvalue weighted by Crippen LogP contribution is 2.35. The molecule has 0 saturated carbocycles. The minimum absolute atomic E-state index is 0.402. The Morgan fingerprint density at radius 2 is 1.63 bits per heavy atom. The number of fused-ring (bicyclic) bond motifs is 1. The van der Waals surface area contributed by atoms with Gasteiger partial charge in [0, 0.05) is 21.0 Å². The number of para-hydroxylation sites is 1. The number of methoxy groups -OCH3 is 1. The summed E-state index contributed by atoms with van der Waals surface area (Å²) in [6.45, 7) is 0. The Kier molecular flexibility index (Phi) is 4.54. The van der Waals surface area contributed by atoms with Crippen LogP contribution in [0.15, 0.2) is 77.3 Å². The van der Waals surface area contributed by atoms with Crippen molar-refractivity contribution < 1.29 is 13.9 Å². The summed E-state index contributed by atoms with van der Waals surface area (Å²) in [5.74, 6) is -0.293. The van der Waals surface area contributed by atoms with Gasteiger partial charge >= 0.3 is 0 Å². The molecule has 0 saturated heterocycles. The van der Waals surface area contributed by atoms with Crippen molar-refractivity contribution in [2.75, 3.05) is 7.11 Å². The molecule has 27 heavy (non-hydrogen) atoms. The highest BCUT2D eigenvalue weighted by Gasteiger charge is 2.23. The molecule has 0 bridgehead atoms. The number of rotatable bonds is 3. The molecule has 5 heteroatoms. The first-order chi connectivity index (χ1) is 13.1. The third kappa shape index (κ3) is 3.04. The van der Waals surface area contributed by atoms with E-state index in [0.717, 1.165) is 9.04 Å². The SMILES string of the molecule is COc1ccc(-c2c(F)n(C(=O)c3ccc(Br)cc3)c3ccccc23)cc1. The number of ether oxygens (including phenoxy) is 1. The van der Waals surface area contributed by atoms with E-state index in [9.17, 15) is 4.79 Å². The molecule has 0 radical (unpaired) electrons. The lowest BCUT2D eigenvalue weighted by Gasteiger charge is -2.06. The van der Waals surface area contributed by atoms with Crippen LogP contribution in [0.3, 0.4) is 0 Å². The summed E-state index contributed by atoms with van der Waals surface area (Å²) in [4.78, 5) is 13.0. The minimum Gasteiger partial charge on any atom is -0.497 e. The van der Waals surface area contributed by atoms with E-state index in [1.165, 1.54) is 0 Å². The van der Waals surface area contributed by atoms with Crippen molar-refractivity contribution in [1.82, 2.24) is 4.57 Å². The van der Waals surface area contributed by atoms with Gasteiger partial charge in [-0.05, 0) is 48.0 Å². The lowest BCUT2D eigenvalue weighted by atomic mass is 10.0. The molecule has 0 aliphatic heterocycles. The van der Waals surface area contributed by atoms with E-state index in [1.54, 1.807) is 67.8 Å². The van der Waals surface area contributed by atoms with E-state index in [4.69, 9.17) is 4.74 Å². The van der Waals surface area contributed by atoms with Crippen molar-refractivity contribution in [2.24, 2.45) is 0 Å².